The first-order valence-electron chi connectivity index (χ1n) is 8.91. The van der Waals surface area contributed by atoms with Gasteiger partial charge < -0.3 is 10.2 Å². The minimum absolute atomic E-state index is 0.296. The van der Waals surface area contributed by atoms with Crippen LogP contribution in [0.2, 0.25) is 0 Å². The van der Waals surface area contributed by atoms with Gasteiger partial charge in [0.1, 0.15) is 5.82 Å². The van der Waals surface area contributed by atoms with Gasteiger partial charge in [0.25, 0.3) is 0 Å². The summed E-state index contributed by atoms with van der Waals surface area (Å²) >= 11 is 0. The Morgan fingerprint density at radius 2 is 1.69 bits per heavy atom. The summed E-state index contributed by atoms with van der Waals surface area (Å²) in [6.07, 6.45) is 3.60. The van der Waals surface area contributed by atoms with E-state index in [1.54, 1.807) is 12.4 Å². The SMILES string of the molecule is Cc1cc(NCc2ccncc2)nc(N(Cc2ccccc2)C(C)C)n1. The predicted octanol–water partition coefficient (Wildman–Crippen LogP) is 4.21. The van der Waals surface area contributed by atoms with E-state index in [0.29, 0.717) is 12.6 Å². The van der Waals surface area contributed by atoms with Crippen molar-refractivity contribution in [2.24, 2.45) is 0 Å². The summed E-state index contributed by atoms with van der Waals surface area (Å²) < 4.78 is 0. The quantitative estimate of drug-likeness (QED) is 0.694. The molecule has 0 aliphatic carbocycles. The largest absolute Gasteiger partial charge is 0.366 e. The lowest BCUT2D eigenvalue weighted by atomic mass is 10.2. The lowest BCUT2D eigenvalue weighted by Crippen LogP contribution is -2.32. The van der Waals surface area contributed by atoms with Gasteiger partial charge in [-0.2, -0.15) is 4.98 Å². The van der Waals surface area contributed by atoms with Crippen molar-refractivity contribution in [3.63, 3.8) is 0 Å². The maximum atomic E-state index is 4.75. The Morgan fingerprint density at radius 1 is 0.962 bits per heavy atom. The van der Waals surface area contributed by atoms with E-state index in [9.17, 15) is 0 Å². The van der Waals surface area contributed by atoms with E-state index in [2.05, 4.69) is 58.3 Å². The van der Waals surface area contributed by atoms with Crippen LogP contribution in [-0.4, -0.2) is 21.0 Å². The lowest BCUT2D eigenvalue weighted by Gasteiger charge is -2.27. The maximum Gasteiger partial charge on any atom is 0.228 e. The number of rotatable bonds is 7. The minimum Gasteiger partial charge on any atom is -0.366 e. The number of aromatic nitrogens is 3. The van der Waals surface area contributed by atoms with E-state index in [4.69, 9.17) is 4.98 Å². The monoisotopic (exact) mass is 347 g/mol. The zero-order valence-corrected chi connectivity index (χ0v) is 15.6. The van der Waals surface area contributed by atoms with Crippen LogP contribution < -0.4 is 10.2 Å². The van der Waals surface area contributed by atoms with Crippen molar-refractivity contribution < 1.29 is 0 Å². The van der Waals surface area contributed by atoms with Crippen LogP contribution in [0.4, 0.5) is 11.8 Å². The molecule has 0 aliphatic heterocycles. The molecule has 26 heavy (non-hydrogen) atoms. The van der Waals surface area contributed by atoms with Crippen molar-refractivity contribution in [3.05, 3.63) is 77.7 Å². The molecule has 5 nitrogen and oxygen atoms in total. The molecule has 0 unspecified atom stereocenters. The molecule has 2 aromatic heterocycles. The molecule has 1 aromatic carbocycles. The Labute approximate surface area is 155 Å². The molecule has 0 atom stereocenters. The average Bonchev–Trinajstić information content (AvgIpc) is 2.65. The molecule has 0 radical (unpaired) electrons. The highest BCUT2D eigenvalue weighted by atomic mass is 15.3. The Morgan fingerprint density at radius 3 is 2.38 bits per heavy atom. The van der Waals surface area contributed by atoms with Gasteiger partial charge in [0.2, 0.25) is 5.95 Å². The summed E-state index contributed by atoms with van der Waals surface area (Å²) in [5.41, 5.74) is 3.37. The third-order valence-electron chi connectivity index (χ3n) is 4.14. The number of hydrogen-bond acceptors (Lipinski definition) is 5. The third kappa shape index (κ3) is 4.79. The van der Waals surface area contributed by atoms with Crippen LogP contribution in [0.15, 0.2) is 60.9 Å². The number of nitrogens with one attached hydrogen (secondary N) is 1. The summed E-state index contributed by atoms with van der Waals surface area (Å²) in [5.74, 6) is 1.59. The van der Waals surface area contributed by atoms with Gasteiger partial charge in [-0.15, -0.1) is 0 Å². The van der Waals surface area contributed by atoms with Crippen molar-refractivity contribution in [1.82, 2.24) is 15.0 Å². The van der Waals surface area contributed by atoms with Gasteiger partial charge in [-0.3, -0.25) is 4.98 Å². The van der Waals surface area contributed by atoms with Gasteiger partial charge in [-0.05, 0) is 44.0 Å². The molecule has 0 spiro atoms. The highest BCUT2D eigenvalue weighted by Crippen LogP contribution is 2.19. The smallest absolute Gasteiger partial charge is 0.228 e. The molecular weight excluding hydrogens is 322 g/mol. The summed E-state index contributed by atoms with van der Waals surface area (Å²) in [5, 5.41) is 3.39. The van der Waals surface area contributed by atoms with Crippen molar-refractivity contribution >= 4 is 11.8 Å². The zero-order valence-electron chi connectivity index (χ0n) is 15.6. The van der Waals surface area contributed by atoms with Gasteiger partial charge in [-0.1, -0.05) is 30.3 Å². The first kappa shape index (κ1) is 17.9. The molecule has 5 heteroatoms. The number of aryl methyl sites for hydroxylation is 1. The standard InChI is InChI=1S/C21H25N5/c1-16(2)26(15-19-7-5-4-6-8-19)21-24-17(3)13-20(25-21)23-14-18-9-11-22-12-10-18/h4-13,16H,14-15H2,1-3H3,(H,23,24,25). The van der Waals surface area contributed by atoms with Crippen LogP contribution >= 0.6 is 0 Å². The Balaban J connectivity index is 1.80. The maximum absolute atomic E-state index is 4.75. The van der Waals surface area contributed by atoms with Crippen LogP contribution in [0.3, 0.4) is 0 Å². The molecule has 0 saturated carbocycles. The minimum atomic E-state index is 0.296. The highest BCUT2D eigenvalue weighted by molar-refractivity contribution is 5.45. The molecular formula is C21H25N5. The fourth-order valence-electron chi connectivity index (χ4n) is 2.73. The van der Waals surface area contributed by atoms with E-state index in [0.717, 1.165) is 24.0 Å². The van der Waals surface area contributed by atoms with E-state index in [1.807, 2.05) is 31.2 Å². The zero-order chi connectivity index (χ0) is 18.4. The van der Waals surface area contributed by atoms with E-state index in [1.165, 1.54) is 11.1 Å². The van der Waals surface area contributed by atoms with Gasteiger partial charge in [0.05, 0.1) is 0 Å². The van der Waals surface area contributed by atoms with Gasteiger partial charge in [0.15, 0.2) is 0 Å². The Bertz CT molecular complexity index is 818. The molecule has 1 N–H and O–H groups in total. The van der Waals surface area contributed by atoms with Gasteiger partial charge in [-0.25, -0.2) is 4.98 Å². The van der Waals surface area contributed by atoms with Gasteiger partial charge >= 0.3 is 0 Å². The normalized spacial score (nSPS) is 10.8. The lowest BCUT2D eigenvalue weighted by molar-refractivity contribution is 0.659. The molecule has 3 rings (SSSR count). The molecule has 0 bridgehead atoms. The number of benzene rings is 1. The number of anilines is 2. The van der Waals surface area contributed by atoms with Crippen LogP contribution in [0, 0.1) is 6.92 Å². The molecule has 134 valence electrons. The van der Waals surface area contributed by atoms with Gasteiger partial charge in [0, 0.05) is 43.3 Å². The van der Waals surface area contributed by atoms with Crippen molar-refractivity contribution in [3.8, 4) is 0 Å². The average molecular weight is 347 g/mol. The Hall–Kier alpha value is -2.95. The second-order valence-electron chi connectivity index (χ2n) is 6.61. The summed E-state index contributed by atoms with van der Waals surface area (Å²) in [4.78, 5) is 15.7. The predicted molar refractivity (Wildman–Crippen MR) is 106 cm³/mol. The van der Waals surface area contributed by atoms with Crippen molar-refractivity contribution in [1.29, 1.82) is 0 Å². The number of hydrogen-bond donors (Lipinski definition) is 1. The summed E-state index contributed by atoms with van der Waals surface area (Å²) in [7, 11) is 0. The molecule has 0 fully saturated rings. The fourth-order valence-corrected chi connectivity index (χ4v) is 2.73. The first-order valence-corrected chi connectivity index (χ1v) is 8.91. The highest BCUT2D eigenvalue weighted by Gasteiger charge is 2.15. The second kappa shape index (κ2) is 8.43. The number of pyridine rings is 1. The number of nitrogens with zero attached hydrogens (tertiary/aromatic N) is 4. The van der Waals surface area contributed by atoms with Crippen molar-refractivity contribution in [2.45, 2.75) is 39.9 Å². The topological polar surface area (TPSA) is 53.9 Å². The molecule has 3 aromatic rings. The van der Waals surface area contributed by atoms with Crippen molar-refractivity contribution in [2.75, 3.05) is 10.2 Å². The summed E-state index contributed by atoms with van der Waals surface area (Å²) in [6.45, 7) is 7.83. The second-order valence-corrected chi connectivity index (χ2v) is 6.61. The van der Waals surface area contributed by atoms with Crippen LogP contribution in [0.1, 0.15) is 30.7 Å². The van der Waals surface area contributed by atoms with Crippen LogP contribution in [0.5, 0.6) is 0 Å². The molecule has 2 heterocycles. The molecule has 0 saturated heterocycles. The van der Waals surface area contributed by atoms with Crippen LogP contribution in [0.25, 0.3) is 0 Å². The molecule has 0 amide bonds. The Kier molecular flexibility index (Phi) is 5.79. The summed E-state index contributed by atoms with van der Waals surface area (Å²) in [6, 6.07) is 16.7. The van der Waals surface area contributed by atoms with E-state index >= 15 is 0 Å². The fraction of sp³-hybridized carbons (Fsp3) is 0.286. The third-order valence-corrected chi connectivity index (χ3v) is 4.14. The first-order chi connectivity index (χ1) is 12.6. The van der Waals surface area contributed by atoms with E-state index < -0.39 is 0 Å². The van der Waals surface area contributed by atoms with Crippen LogP contribution in [-0.2, 0) is 13.1 Å². The molecule has 0 aliphatic rings. The van der Waals surface area contributed by atoms with E-state index in [-0.39, 0.29) is 0 Å².